The molecule has 4 rings (SSSR count). The Labute approximate surface area is 187 Å². The summed E-state index contributed by atoms with van der Waals surface area (Å²) in [5, 5.41) is 1.55. The molecule has 1 unspecified atom stereocenters. The summed E-state index contributed by atoms with van der Waals surface area (Å²) in [5.74, 6) is 0. The third-order valence-electron chi connectivity index (χ3n) is 7.21. The maximum absolute atomic E-state index is 2.58. The molecule has 145 valence electrons. The van der Waals surface area contributed by atoms with Gasteiger partial charge in [0.2, 0.25) is 0 Å². The Morgan fingerprint density at radius 1 is 1.00 bits per heavy atom. The number of benzene rings is 2. The van der Waals surface area contributed by atoms with E-state index in [1.54, 1.807) is 41.0 Å². The van der Waals surface area contributed by atoms with Gasteiger partial charge in [0.15, 0.2) is 0 Å². The molecular weight excluding hydrogens is 432 g/mol. The average Bonchev–Trinajstić information content (AvgIpc) is 3.27. The molecule has 0 spiro atoms. The zero-order chi connectivity index (χ0) is 19.9. The van der Waals surface area contributed by atoms with E-state index in [2.05, 4.69) is 75.1 Å². The SMILES string of the molecule is CCC1(CC2=Cc3c(-c4ccc([Si](C)(C)C)cc4)cccc3[CH]2[Zr])CCCC1. The summed E-state index contributed by atoms with van der Waals surface area (Å²) in [5.41, 5.74) is 8.18. The van der Waals surface area contributed by atoms with Gasteiger partial charge in [-0.3, -0.25) is 0 Å². The molecule has 0 N–H and O–H groups in total. The van der Waals surface area contributed by atoms with Gasteiger partial charge in [0, 0.05) is 0 Å². The molecule has 0 radical (unpaired) electrons. The minimum atomic E-state index is -1.24. The molecule has 2 heteroatoms. The quantitative estimate of drug-likeness (QED) is 0.409. The number of allylic oxidation sites excluding steroid dienone is 1. The Morgan fingerprint density at radius 2 is 1.68 bits per heavy atom. The standard InChI is InChI=1S/C26H33Si.Zr/c1-5-26(15-6-7-16-26)19-20-17-22-9-8-10-24(25(22)18-20)21-11-13-23(14-12-21)27(2,3)4;/h8-14,17-18H,5-7,15-16,19H2,1-4H3;. The first-order valence-electron chi connectivity index (χ1n) is 11.0. The van der Waals surface area contributed by atoms with E-state index in [4.69, 9.17) is 0 Å². The molecule has 28 heavy (non-hydrogen) atoms. The average molecular weight is 465 g/mol. The first-order chi connectivity index (χ1) is 13.3. The molecule has 0 aliphatic heterocycles. The van der Waals surface area contributed by atoms with Crippen molar-refractivity contribution in [2.24, 2.45) is 5.41 Å². The third-order valence-corrected chi connectivity index (χ3v) is 10.9. The molecule has 0 heterocycles. The molecular formula is C26H33SiZr. The van der Waals surface area contributed by atoms with Gasteiger partial charge in [0.1, 0.15) is 0 Å². The van der Waals surface area contributed by atoms with Gasteiger partial charge in [0.25, 0.3) is 0 Å². The van der Waals surface area contributed by atoms with Crippen molar-refractivity contribution in [3.05, 3.63) is 59.2 Å². The van der Waals surface area contributed by atoms with Crippen LogP contribution in [0.3, 0.4) is 0 Å². The molecule has 2 aromatic rings. The van der Waals surface area contributed by atoms with Gasteiger partial charge in [-0.2, -0.15) is 0 Å². The topological polar surface area (TPSA) is 0 Å². The molecule has 0 saturated heterocycles. The summed E-state index contributed by atoms with van der Waals surface area (Å²) in [6.45, 7) is 9.69. The van der Waals surface area contributed by atoms with Gasteiger partial charge >= 0.3 is 188 Å². The van der Waals surface area contributed by atoms with Crippen LogP contribution in [0.5, 0.6) is 0 Å². The molecule has 2 aliphatic rings. The van der Waals surface area contributed by atoms with Crippen LogP contribution in [0.15, 0.2) is 48.0 Å². The van der Waals surface area contributed by atoms with E-state index < -0.39 is 8.07 Å². The van der Waals surface area contributed by atoms with Crippen LogP contribution in [0.1, 0.15) is 60.2 Å². The molecule has 2 aromatic carbocycles. The van der Waals surface area contributed by atoms with E-state index in [1.165, 1.54) is 55.2 Å². The molecule has 2 aliphatic carbocycles. The third kappa shape index (κ3) is 3.84. The van der Waals surface area contributed by atoms with Gasteiger partial charge in [-0.05, 0) is 0 Å². The Balaban J connectivity index is 1.68. The van der Waals surface area contributed by atoms with Crippen LogP contribution in [-0.4, -0.2) is 8.07 Å². The van der Waals surface area contributed by atoms with Gasteiger partial charge in [-0.25, -0.2) is 0 Å². The Bertz CT molecular complexity index is 880. The Kier molecular flexibility index (Phi) is 5.75. The number of hydrogen-bond acceptors (Lipinski definition) is 0. The molecule has 0 nitrogen and oxygen atoms in total. The second-order valence-electron chi connectivity index (χ2n) is 10.0. The molecule has 0 amide bonds. The van der Waals surface area contributed by atoms with Crippen LogP contribution in [0.2, 0.25) is 19.6 Å². The minimum absolute atomic E-state index is 0.585. The van der Waals surface area contributed by atoms with E-state index in [0.717, 1.165) is 0 Å². The fourth-order valence-corrected chi connectivity index (χ4v) is 7.47. The number of hydrogen-bond donors (Lipinski definition) is 0. The Morgan fingerprint density at radius 3 is 2.29 bits per heavy atom. The predicted octanol–water partition coefficient (Wildman–Crippen LogP) is 7.24. The van der Waals surface area contributed by atoms with E-state index in [9.17, 15) is 0 Å². The van der Waals surface area contributed by atoms with Crippen LogP contribution >= 0.6 is 0 Å². The van der Waals surface area contributed by atoms with Crippen LogP contribution in [0.4, 0.5) is 0 Å². The molecule has 0 bridgehead atoms. The molecule has 1 fully saturated rings. The van der Waals surface area contributed by atoms with E-state index in [0.29, 0.717) is 9.04 Å². The van der Waals surface area contributed by atoms with Crippen molar-refractivity contribution in [3.8, 4) is 11.1 Å². The number of rotatable bonds is 5. The van der Waals surface area contributed by atoms with Crippen molar-refractivity contribution in [3.63, 3.8) is 0 Å². The monoisotopic (exact) mass is 463 g/mol. The Hall–Kier alpha value is -0.720. The zero-order valence-electron chi connectivity index (χ0n) is 17.9. The van der Waals surface area contributed by atoms with Crippen molar-refractivity contribution in [2.75, 3.05) is 0 Å². The fourth-order valence-electron chi connectivity index (χ4n) is 5.23. The normalized spacial score (nSPS) is 20.8. The van der Waals surface area contributed by atoms with E-state index >= 15 is 0 Å². The summed E-state index contributed by atoms with van der Waals surface area (Å²) in [4.78, 5) is 0. The summed E-state index contributed by atoms with van der Waals surface area (Å²) in [7, 11) is -1.24. The number of fused-ring (bicyclic) bond motifs is 1. The maximum atomic E-state index is 2.58. The van der Waals surface area contributed by atoms with E-state index in [-0.39, 0.29) is 0 Å². The van der Waals surface area contributed by atoms with Crippen LogP contribution in [0.25, 0.3) is 17.2 Å². The van der Waals surface area contributed by atoms with E-state index in [1.807, 2.05) is 0 Å². The second-order valence-corrected chi connectivity index (χ2v) is 16.5. The summed E-state index contributed by atoms with van der Waals surface area (Å²) < 4.78 is 0.660. The molecule has 1 atom stereocenters. The van der Waals surface area contributed by atoms with Crippen molar-refractivity contribution < 1.29 is 24.7 Å². The van der Waals surface area contributed by atoms with Crippen molar-refractivity contribution in [2.45, 2.75) is 68.7 Å². The fraction of sp³-hybridized carbons (Fsp3) is 0.462. The second kappa shape index (κ2) is 7.84. The summed E-state index contributed by atoms with van der Waals surface area (Å²) in [6, 6.07) is 16.5. The summed E-state index contributed by atoms with van der Waals surface area (Å²) in [6.07, 6.45) is 11.0. The van der Waals surface area contributed by atoms with Crippen molar-refractivity contribution >= 4 is 19.3 Å². The zero-order valence-corrected chi connectivity index (χ0v) is 21.4. The van der Waals surface area contributed by atoms with Gasteiger partial charge in [0.05, 0.1) is 0 Å². The molecule has 0 aromatic heterocycles. The molecule has 1 saturated carbocycles. The first kappa shape index (κ1) is 20.5. The first-order valence-corrected chi connectivity index (χ1v) is 15.9. The van der Waals surface area contributed by atoms with Crippen molar-refractivity contribution in [1.29, 1.82) is 0 Å². The van der Waals surface area contributed by atoms with Crippen LogP contribution < -0.4 is 5.19 Å². The van der Waals surface area contributed by atoms with Gasteiger partial charge < -0.3 is 0 Å². The van der Waals surface area contributed by atoms with Gasteiger partial charge in [-0.1, -0.05) is 0 Å². The van der Waals surface area contributed by atoms with Crippen molar-refractivity contribution in [1.82, 2.24) is 0 Å². The van der Waals surface area contributed by atoms with Crippen LogP contribution in [0, 0.1) is 5.41 Å². The van der Waals surface area contributed by atoms with Gasteiger partial charge in [-0.15, -0.1) is 0 Å². The predicted molar refractivity (Wildman–Crippen MR) is 121 cm³/mol. The summed E-state index contributed by atoms with van der Waals surface area (Å²) >= 11 is 1.65. The van der Waals surface area contributed by atoms with Crippen LogP contribution in [-0.2, 0) is 24.7 Å².